The van der Waals surface area contributed by atoms with Crippen molar-refractivity contribution in [2.45, 2.75) is 13.0 Å². The summed E-state index contributed by atoms with van der Waals surface area (Å²) in [6, 6.07) is 0.586. The maximum Gasteiger partial charge on any atom is 0.267 e. The Labute approximate surface area is 78.2 Å². The third-order valence-corrected chi connectivity index (χ3v) is 1.63. The average molecular weight is 207 g/mol. The second-order valence-corrected chi connectivity index (χ2v) is 2.47. The molecule has 1 heterocycles. The van der Waals surface area contributed by atoms with Crippen molar-refractivity contribution in [2.75, 3.05) is 7.11 Å². The van der Waals surface area contributed by atoms with E-state index in [0.717, 1.165) is 7.11 Å². The van der Waals surface area contributed by atoms with Crippen molar-refractivity contribution in [2.24, 2.45) is 0 Å². The molecule has 0 radical (unpaired) electrons. The highest BCUT2D eigenvalue weighted by Gasteiger charge is 2.19. The van der Waals surface area contributed by atoms with Crippen LogP contribution in [0.3, 0.4) is 0 Å². The number of alkyl halides is 2. The van der Waals surface area contributed by atoms with Crippen molar-refractivity contribution in [3.8, 4) is 5.75 Å². The predicted molar refractivity (Wildman–Crippen MR) is 41.6 cm³/mol. The van der Waals surface area contributed by atoms with Crippen LogP contribution in [-0.4, -0.2) is 17.2 Å². The fraction of sp³-hybridized carbons (Fsp3) is 0.375. The van der Waals surface area contributed by atoms with Gasteiger partial charge in [0.2, 0.25) is 5.95 Å². The summed E-state index contributed by atoms with van der Waals surface area (Å²) in [5, 5.41) is 8.73. The van der Waals surface area contributed by atoms with Crippen LogP contribution in [-0.2, 0) is 6.61 Å². The highest BCUT2D eigenvalue weighted by atomic mass is 19.3. The molecule has 1 aromatic heterocycles. The molecule has 0 bridgehead atoms. The predicted octanol–water partition coefficient (Wildman–Crippen LogP) is 1.66. The van der Waals surface area contributed by atoms with Gasteiger partial charge in [-0.15, -0.1) is 0 Å². The summed E-state index contributed by atoms with van der Waals surface area (Å²) in [6.45, 7) is -0.652. The van der Waals surface area contributed by atoms with Gasteiger partial charge >= 0.3 is 0 Å². The van der Waals surface area contributed by atoms with E-state index in [9.17, 15) is 13.2 Å². The van der Waals surface area contributed by atoms with Gasteiger partial charge in [0.15, 0.2) is 5.75 Å². The molecule has 0 saturated carbocycles. The molecule has 14 heavy (non-hydrogen) atoms. The molecule has 0 fully saturated rings. The number of aliphatic hydroxyl groups is 1. The van der Waals surface area contributed by atoms with Gasteiger partial charge in [-0.05, 0) is 0 Å². The lowest BCUT2D eigenvalue weighted by Gasteiger charge is -2.10. The number of nitrogens with zero attached hydrogens (tertiary/aromatic N) is 1. The molecular formula is C8H8F3NO2. The minimum Gasteiger partial charge on any atom is -0.494 e. The zero-order valence-electron chi connectivity index (χ0n) is 7.30. The van der Waals surface area contributed by atoms with Crippen molar-refractivity contribution >= 4 is 0 Å². The van der Waals surface area contributed by atoms with Gasteiger partial charge in [0.1, 0.15) is 5.69 Å². The van der Waals surface area contributed by atoms with Crippen LogP contribution in [0, 0.1) is 5.95 Å². The largest absolute Gasteiger partial charge is 0.494 e. The Morgan fingerprint density at radius 3 is 2.64 bits per heavy atom. The van der Waals surface area contributed by atoms with E-state index in [-0.39, 0.29) is 11.4 Å². The van der Waals surface area contributed by atoms with Gasteiger partial charge in [-0.2, -0.15) is 4.39 Å². The van der Waals surface area contributed by atoms with Crippen LogP contribution in [0.1, 0.15) is 17.7 Å². The minimum absolute atomic E-state index is 0.234. The standard InChI is InChI=1S/C8H8F3NO2/c1-14-7-4(8(10)11)2-6(9)12-5(7)3-13/h2,8,13H,3H2,1H3. The normalized spacial score (nSPS) is 10.7. The smallest absolute Gasteiger partial charge is 0.267 e. The number of methoxy groups -OCH3 is 1. The number of halogens is 3. The zero-order valence-corrected chi connectivity index (χ0v) is 7.30. The summed E-state index contributed by atoms with van der Waals surface area (Å²) in [4.78, 5) is 3.23. The van der Waals surface area contributed by atoms with Crippen molar-refractivity contribution in [3.05, 3.63) is 23.3 Å². The molecule has 1 rings (SSSR count). The highest BCUT2D eigenvalue weighted by Crippen LogP contribution is 2.31. The molecule has 3 nitrogen and oxygen atoms in total. The average Bonchev–Trinajstić information content (AvgIpc) is 2.16. The SMILES string of the molecule is COc1c(C(F)F)cc(F)nc1CO. The van der Waals surface area contributed by atoms with Gasteiger partial charge in [-0.25, -0.2) is 13.8 Å². The molecule has 6 heteroatoms. The molecule has 0 aliphatic heterocycles. The van der Waals surface area contributed by atoms with Gasteiger partial charge in [0.25, 0.3) is 6.43 Å². The van der Waals surface area contributed by atoms with E-state index in [1.54, 1.807) is 0 Å². The quantitative estimate of drug-likeness (QED) is 0.766. The lowest BCUT2D eigenvalue weighted by molar-refractivity contribution is 0.145. The molecule has 0 spiro atoms. The Hall–Kier alpha value is -1.30. The molecule has 0 unspecified atom stereocenters. The van der Waals surface area contributed by atoms with E-state index in [0.29, 0.717) is 6.07 Å². The van der Waals surface area contributed by atoms with Gasteiger partial charge in [-0.1, -0.05) is 0 Å². The number of ether oxygens (including phenoxy) is 1. The molecule has 0 saturated heterocycles. The molecule has 78 valence electrons. The molecule has 0 amide bonds. The van der Waals surface area contributed by atoms with Gasteiger partial charge < -0.3 is 9.84 Å². The highest BCUT2D eigenvalue weighted by molar-refractivity contribution is 5.37. The first kappa shape index (κ1) is 10.8. The Balaban J connectivity index is 3.31. The first-order valence-corrected chi connectivity index (χ1v) is 3.72. The Morgan fingerprint density at radius 2 is 2.21 bits per heavy atom. The number of pyridine rings is 1. The van der Waals surface area contributed by atoms with Crippen molar-refractivity contribution in [3.63, 3.8) is 0 Å². The summed E-state index contributed by atoms with van der Waals surface area (Å²) in [5.41, 5.74) is -0.841. The summed E-state index contributed by atoms with van der Waals surface area (Å²) in [6.07, 6.45) is -2.87. The van der Waals surface area contributed by atoms with E-state index >= 15 is 0 Å². The molecule has 0 aliphatic rings. The molecule has 1 aromatic rings. The molecule has 1 N–H and O–H groups in total. The van der Waals surface area contributed by atoms with E-state index in [1.807, 2.05) is 0 Å². The van der Waals surface area contributed by atoms with E-state index in [1.165, 1.54) is 0 Å². The number of aromatic nitrogens is 1. The zero-order chi connectivity index (χ0) is 10.7. The van der Waals surface area contributed by atoms with Crippen LogP contribution in [0.2, 0.25) is 0 Å². The maximum absolute atomic E-state index is 12.7. The molecular weight excluding hydrogens is 199 g/mol. The topological polar surface area (TPSA) is 42.4 Å². The summed E-state index contributed by atoms with van der Waals surface area (Å²) >= 11 is 0. The van der Waals surface area contributed by atoms with E-state index < -0.39 is 24.5 Å². The van der Waals surface area contributed by atoms with Crippen LogP contribution in [0.4, 0.5) is 13.2 Å². The monoisotopic (exact) mass is 207 g/mol. The van der Waals surface area contributed by atoms with Crippen LogP contribution in [0.5, 0.6) is 5.75 Å². The number of aliphatic hydroxyl groups excluding tert-OH is 1. The third-order valence-electron chi connectivity index (χ3n) is 1.63. The van der Waals surface area contributed by atoms with E-state index in [2.05, 4.69) is 9.72 Å². The Kier molecular flexibility index (Phi) is 3.29. The lowest BCUT2D eigenvalue weighted by Crippen LogP contribution is -2.03. The van der Waals surface area contributed by atoms with Crippen LogP contribution in [0.25, 0.3) is 0 Å². The van der Waals surface area contributed by atoms with Crippen LogP contribution < -0.4 is 4.74 Å². The molecule has 0 atom stereocenters. The third kappa shape index (κ3) is 1.95. The number of hydrogen-bond acceptors (Lipinski definition) is 3. The lowest BCUT2D eigenvalue weighted by atomic mass is 10.2. The summed E-state index contributed by atoms with van der Waals surface area (Å²) in [7, 11) is 1.15. The minimum atomic E-state index is -2.87. The fourth-order valence-corrected chi connectivity index (χ4v) is 1.08. The Bertz CT molecular complexity index is 331. The van der Waals surface area contributed by atoms with Crippen LogP contribution >= 0.6 is 0 Å². The summed E-state index contributed by atoms with van der Waals surface area (Å²) < 4.78 is 42.0. The first-order chi connectivity index (χ1) is 6.60. The fourth-order valence-electron chi connectivity index (χ4n) is 1.08. The second kappa shape index (κ2) is 4.28. The molecule has 0 aliphatic carbocycles. The number of hydrogen-bond donors (Lipinski definition) is 1. The van der Waals surface area contributed by atoms with Gasteiger partial charge in [0.05, 0.1) is 19.3 Å². The van der Waals surface area contributed by atoms with Gasteiger partial charge in [-0.3, -0.25) is 0 Å². The second-order valence-electron chi connectivity index (χ2n) is 2.47. The van der Waals surface area contributed by atoms with Gasteiger partial charge in [0, 0.05) is 6.07 Å². The maximum atomic E-state index is 12.7. The Morgan fingerprint density at radius 1 is 1.57 bits per heavy atom. The van der Waals surface area contributed by atoms with Crippen molar-refractivity contribution < 1.29 is 23.0 Å². The van der Waals surface area contributed by atoms with Crippen LogP contribution in [0.15, 0.2) is 6.07 Å². The van der Waals surface area contributed by atoms with Crippen molar-refractivity contribution in [1.82, 2.24) is 4.98 Å². The summed E-state index contributed by atoms with van der Waals surface area (Å²) in [5.74, 6) is -1.34. The number of rotatable bonds is 3. The molecule has 0 aromatic carbocycles. The first-order valence-electron chi connectivity index (χ1n) is 3.72. The van der Waals surface area contributed by atoms with E-state index in [4.69, 9.17) is 5.11 Å². The van der Waals surface area contributed by atoms with Crippen molar-refractivity contribution in [1.29, 1.82) is 0 Å².